The van der Waals surface area contributed by atoms with Crippen molar-refractivity contribution in [2.75, 3.05) is 19.0 Å². The van der Waals surface area contributed by atoms with Gasteiger partial charge in [-0.25, -0.2) is 0 Å². The van der Waals surface area contributed by atoms with Gasteiger partial charge in [-0.05, 0) is 30.0 Å². The lowest BCUT2D eigenvalue weighted by Crippen LogP contribution is -2.15. The molecule has 0 saturated carbocycles. The predicted octanol–water partition coefficient (Wildman–Crippen LogP) is 3.19. The number of nitrogens with zero attached hydrogens (tertiary/aromatic N) is 1. The fraction of sp³-hybridized carbons (Fsp3) is 0.571. The highest BCUT2D eigenvalue weighted by Gasteiger charge is 2.10. The molecule has 2 unspecified atom stereocenters. The lowest BCUT2D eigenvalue weighted by Gasteiger charge is -2.19. The van der Waals surface area contributed by atoms with Crippen LogP contribution in [0.2, 0.25) is 0 Å². The highest BCUT2D eigenvalue weighted by Crippen LogP contribution is 2.23. The number of rotatable bonds is 5. The minimum Gasteiger partial charge on any atom is -0.378 e. The van der Waals surface area contributed by atoms with Gasteiger partial charge in [0.05, 0.1) is 0 Å². The van der Waals surface area contributed by atoms with Crippen molar-refractivity contribution in [3.8, 4) is 0 Å². The van der Waals surface area contributed by atoms with Crippen LogP contribution in [0.5, 0.6) is 0 Å². The summed E-state index contributed by atoms with van der Waals surface area (Å²) >= 11 is 0. The molecule has 0 aliphatic carbocycles. The molecule has 1 aromatic rings. The van der Waals surface area contributed by atoms with Crippen LogP contribution in [-0.2, 0) is 0 Å². The second-order valence-corrected chi connectivity index (χ2v) is 4.85. The molecule has 0 aliphatic rings. The van der Waals surface area contributed by atoms with E-state index in [9.17, 15) is 0 Å². The average molecular weight is 220 g/mol. The summed E-state index contributed by atoms with van der Waals surface area (Å²) in [5.41, 5.74) is 8.68. The number of hydrogen-bond donors (Lipinski definition) is 1. The normalized spacial score (nSPS) is 14.6. The molecule has 0 fully saturated rings. The summed E-state index contributed by atoms with van der Waals surface area (Å²) < 4.78 is 0. The average Bonchev–Trinajstić information content (AvgIpc) is 2.28. The van der Waals surface area contributed by atoms with E-state index in [4.69, 9.17) is 5.73 Å². The molecule has 2 atom stereocenters. The van der Waals surface area contributed by atoms with Crippen molar-refractivity contribution >= 4 is 5.69 Å². The summed E-state index contributed by atoms with van der Waals surface area (Å²) in [6.45, 7) is 4.48. The van der Waals surface area contributed by atoms with E-state index in [-0.39, 0.29) is 6.04 Å². The van der Waals surface area contributed by atoms with Crippen molar-refractivity contribution in [3.63, 3.8) is 0 Å². The molecule has 0 heterocycles. The van der Waals surface area contributed by atoms with Crippen molar-refractivity contribution in [2.45, 2.75) is 32.7 Å². The Morgan fingerprint density at radius 1 is 1.31 bits per heavy atom. The minimum atomic E-state index is 0.162. The summed E-state index contributed by atoms with van der Waals surface area (Å²) in [5.74, 6) is 0.693. The van der Waals surface area contributed by atoms with Crippen molar-refractivity contribution in [3.05, 3.63) is 29.8 Å². The van der Waals surface area contributed by atoms with E-state index in [1.54, 1.807) is 0 Å². The molecule has 1 aromatic carbocycles. The summed E-state index contributed by atoms with van der Waals surface area (Å²) in [7, 11) is 4.11. The Kier molecular flexibility index (Phi) is 4.81. The lowest BCUT2D eigenvalue weighted by atomic mass is 9.95. The Labute approximate surface area is 99.5 Å². The van der Waals surface area contributed by atoms with Crippen molar-refractivity contribution in [1.29, 1.82) is 0 Å². The maximum Gasteiger partial charge on any atom is 0.0364 e. The molecule has 1 rings (SSSR count). The lowest BCUT2D eigenvalue weighted by molar-refractivity contribution is 0.461. The Morgan fingerprint density at radius 3 is 2.56 bits per heavy atom. The molecular weight excluding hydrogens is 196 g/mol. The first-order valence-electron chi connectivity index (χ1n) is 6.07. The number of benzene rings is 1. The first kappa shape index (κ1) is 13.0. The maximum atomic E-state index is 6.22. The Balaban J connectivity index is 2.75. The summed E-state index contributed by atoms with van der Waals surface area (Å²) in [5, 5.41) is 0. The van der Waals surface area contributed by atoms with Gasteiger partial charge in [-0.1, -0.05) is 32.4 Å². The number of anilines is 1. The van der Waals surface area contributed by atoms with Crippen LogP contribution >= 0.6 is 0 Å². The zero-order chi connectivity index (χ0) is 12.1. The second-order valence-electron chi connectivity index (χ2n) is 4.85. The molecule has 0 bridgehead atoms. The van der Waals surface area contributed by atoms with Crippen LogP contribution in [0, 0.1) is 5.92 Å². The van der Waals surface area contributed by atoms with Gasteiger partial charge < -0.3 is 10.6 Å². The maximum absolute atomic E-state index is 6.22. The molecule has 0 saturated heterocycles. The summed E-state index contributed by atoms with van der Waals surface area (Å²) in [4.78, 5) is 2.11. The van der Waals surface area contributed by atoms with Gasteiger partial charge in [-0.2, -0.15) is 0 Å². The Bertz CT molecular complexity index is 320. The van der Waals surface area contributed by atoms with Gasteiger partial charge in [0, 0.05) is 25.8 Å². The van der Waals surface area contributed by atoms with E-state index in [1.165, 1.54) is 17.7 Å². The van der Waals surface area contributed by atoms with Gasteiger partial charge in [0.25, 0.3) is 0 Å². The topological polar surface area (TPSA) is 29.3 Å². The van der Waals surface area contributed by atoms with Crippen molar-refractivity contribution < 1.29 is 0 Å². The fourth-order valence-corrected chi connectivity index (χ4v) is 1.77. The Hall–Kier alpha value is -1.02. The smallest absolute Gasteiger partial charge is 0.0364 e. The first-order chi connectivity index (χ1) is 7.54. The molecule has 90 valence electrons. The van der Waals surface area contributed by atoms with E-state index < -0.39 is 0 Å². The van der Waals surface area contributed by atoms with Crippen LogP contribution in [0.25, 0.3) is 0 Å². The third-order valence-corrected chi connectivity index (χ3v) is 3.17. The van der Waals surface area contributed by atoms with Crippen molar-refractivity contribution in [2.24, 2.45) is 11.7 Å². The zero-order valence-corrected chi connectivity index (χ0v) is 10.9. The van der Waals surface area contributed by atoms with Crippen LogP contribution in [0.15, 0.2) is 24.3 Å². The van der Waals surface area contributed by atoms with Crippen LogP contribution in [0.4, 0.5) is 5.69 Å². The van der Waals surface area contributed by atoms with Crippen LogP contribution in [-0.4, -0.2) is 14.1 Å². The van der Waals surface area contributed by atoms with Crippen LogP contribution < -0.4 is 10.6 Å². The molecule has 2 N–H and O–H groups in total. The summed E-state index contributed by atoms with van der Waals surface area (Å²) in [6, 6.07) is 8.67. The fourth-order valence-electron chi connectivity index (χ4n) is 1.77. The molecule has 16 heavy (non-hydrogen) atoms. The van der Waals surface area contributed by atoms with E-state index >= 15 is 0 Å². The highest BCUT2D eigenvalue weighted by atomic mass is 15.1. The molecule has 0 aromatic heterocycles. The Morgan fingerprint density at radius 2 is 2.00 bits per heavy atom. The third kappa shape index (κ3) is 3.53. The van der Waals surface area contributed by atoms with Crippen LogP contribution in [0.3, 0.4) is 0 Å². The summed E-state index contributed by atoms with van der Waals surface area (Å²) in [6.07, 6.45) is 2.26. The number of nitrogens with two attached hydrogens (primary N) is 1. The van der Waals surface area contributed by atoms with Gasteiger partial charge in [-0.3, -0.25) is 0 Å². The monoisotopic (exact) mass is 220 g/mol. The van der Waals surface area contributed by atoms with Gasteiger partial charge in [0.15, 0.2) is 0 Å². The minimum absolute atomic E-state index is 0.162. The van der Waals surface area contributed by atoms with Crippen LogP contribution in [0.1, 0.15) is 38.3 Å². The van der Waals surface area contributed by atoms with E-state index in [0.717, 1.165) is 6.42 Å². The number of hydrogen-bond acceptors (Lipinski definition) is 2. The standard InChI is InChI=1S/C14H24N2/c1-5-11(2)9-14(15)12-7-6-8-13(10-12)16(3)4/h6-8,10-11,14H,5,9,15H2,1-4H3. The molecule has 0 amide bonds. The molecule has 0 aliphatic heterocycles. The zero-order valence-electron chi connectivity index (χ0n) is 10.9. The van der Waals surface area contributed by atoms with E-state index in [0.29, 0.717) is 5.92 Å². The SMILES string of the molecule is CCC(C)CC(N)c1cccc(N(C)C)c1. The van der Waals surface area contributed by atoms with Crippen molar-refractivity contribution in [1.82, 2.24) is 0 Å². The van der Waals surface area contributed by atoms with E-state index in [1.807, 2.05) is 0 Å². The van der Waals surface area contributed by atoms with Gasteiger partial charge in [0.1, 0.15) is 0 Å². The largest absolute Gasteiger partial charge is 0.378 e. The quantitative estimate of drug-likeness (QED) is 0.825. The molecule has 0 radical (unpaired) electrons. The van der Waals surface area contributed by atoms with Gasteiger partial charge in [-0.15, -0.1) is 0 Å². The molecule has 0 spiro atoms. The van der Waals surface area contributed by atoms with Gasteiger partial charge >= 0.3 is 0 Å². The molecule has 2 heteroatoms. The van der Waals surface area contributed by atoms with Gasteiger partial charge in [0.2, 0.25) is 0 Å². The molecular formula is C14H24N2. The third-order valence-electron chi connectivity index (χ3n) is 3.17. The first-order valence-corrected chi connectivity index (χ1v) is 6.07. The highest BCUT2D eigenvalue weighted by molar-refractivity contribution is 5.47. The molecule has 2 nitrogen and oxygen atoms in total. The predicted molar refractivity (Wildman–Crippen MR) is 71.8 cm³/mol. The van der Waals surface area contributed by atoms with E-state index in [2.05, 4.69) is 57.1 Å². The second kappa shape index (κ2) is 5.90.